The van der Waals surface area contributed by atoms with Crippen LogP contribution in [0.1, 0.15) is 15.9 Å². The average molecular weight is 284 g/mol. The van der Waals surface area contributed by atoms with Crippen LogP contribution in [-0.4, -0.2) is 30.8 Å². The smallest absolute Gasteiger partial charge is 0.176 e. The van der Waals surface area contributed by atoms with Crippen molar-refractivity contribution in [2.24, 2.45) is 10.7 Å². The maximum Gasteiger partial charge on any atom is 0.176 e. The van der Waals surface area contributed by atoms with Crippen LogP contribution in [0.4, 0.5) is 5.69 Å². The number of hydrogen-bond donors (Lipinski definition) is 2. The van der Waals surface area contributed by atoms with Crippen molar-refractivity contribution in [3.8, 4) is 11.5 Å². The van der Waals surface area contributed by atoms with Crippen molar-refractivity contribution in [3.05, 3.63) is 53.6 Å². The molecule has 0 aliphatic rings. The molecule has 5 heteroatoms. The molecular weight excluding hydrogens is 268 g/mol. The van der Waals surface area contributed by atoms with Crippen molar-refractivity contribution in [2.45, 2.75) is 0 Å². The number of rotatable bonds is 5. The third-order valence-electron chi connectivity index (χ3n) is 2.98. The summed E-state index contributed by atoms with van der Waals surface area (Å²) in [4.78, 5) is 15.7. The number of nitrogens with two attached hydrogens (primary N) is 1. The second-order valence-electron chi connectivity index (χ2n) is 4.33. The maximum absolute atomic E-state index is 11.4. The highest BCUT2D eigenvalue weighted by Crippen LogP contribution is 2.28. The van der Waals surface area contributed by atoms with Crippen LogP contribution < -0.4 is 10.5 Å². The van der Waals surface area contributed by atoms with E-state index in [4.69, 9.17) is 10.5 Å². The van der Waals surface area contributed by atoms with E-state index in [1.165, 1.54) is 13.3 Å². The number of ether oxygens (including phenoxy) is 1. The van der Waals surface area contributed by atoms with E-state index in [9.17, 15) is 9.90 Å². The molecule has 21 heavy (non-hydrogen) atoms. The predicted octanol–water partition coefficient (Wildman–Crippen LogP) is 2.29. The number of Topliss-reactive ketones (excluding diaryl/α,β-unsaturated/α-hetero) is 1. The lowest BCUT2D eigenvalue weighted by Gasteiger charge is -2.04. The van der Waals surface area contributed by atoms with E-state index < -0.39 is 0 Å². The van der Waals surface area contributed by atoms with Gasteiger partial charge in [0.1, 0.15) is 0 Å². The normalized spacial score (nSPS) is 10.8. The van der Waals surface area contributed by atoms with Crippen molar-refractivity contribution in [1.29, 1.82) is 0 Å². The van der Waals surface area contributed by atoms with Gasteiger partial charge in [0, 0.05) is 17.3 Å². The molecular formula is C16H16N2O3. The molecule has 2 aromatic carbocycles. The quantitative estimate of drug-likeness (QED) is 0.651. The first-order valence-electron chi connectivity index (χ1n) is 6.39. The molecule has 0 aromatic heterocycles. The molecule has 5 nitrogen and oxygen atoms in total. The first-order chi connectivity index (χ1) is 10.2. The van der Waals surface area contributed by atoms with Crippen LogP contribution in [0.15, 0.2) is 47.5 Å². The monoisotopic (exact) mass is 284 g/mol. The van der Waals surface area contributed by atoms with E-state index in [1.807, 2.05) is 0 Å². The zero-order valence-electron chi connectivity index (χ0n) is 11.6. The first-order valence-corrected chi connectivity index (χ1v) is 6.39. The Morgan fingerprint density at radius 1 is 1.29 bits per heavy atom. The summed E-state index contributed by atoms with van der Waals surface area (Å²) >= 11 is 0. The SMILES string of the molecule is COc1cccc(C=Nc2ccc(C(=O)CN)cc2)c1O. The molecule has 0 atom stereocenters. The summed E-state index contributed by atoms with van der Waals surface area (Å²) in [6.07, 6.45) is 1.54. The molecule has 108 valence electrons. The Bertz CT molecular complexity index is 664. The number of aliphatic imine (C=N–C) groups is 1. The second kappa shape index (κ2) is 6.67. The lowest BCUT2D eigenvalue weighted by atomic mass is 10.1. The average Bonchev–Trinajstić information content (AvgIpc) is 2.53. The number of nitrogens with zero attached hydrogens (tertiary/aromatic N) is 1. The van der Waals surface area contributed by atoms with Crippen molar-refractivity contribution in [1.82, 2.24) is 0 Å². The van der Waals surface area contributed by atoms with Crippen LogP contribution in [0.5, 0.6) is 11.5 Å². The number of para-hydroxylation sites is 1. The number of aromatic hydroxyl groups is 1. The second-order valence-corrected chi connectivity index (χ2v) is 4.33. The van der Waals surface area contributed by atoms with Crippen LogP contribution in [0, 0.1) is 0 Å². The summed E-state index contributed by atoms with van der Waals surface area (Å²) in [6.45, 7) is -0.0136. The van der Waals surface area contributed by atoms with Gasteiger partial charge in [-0.2, -0.15) is 0 Å². The van der Waals surface area contributed by atoms with Crippen molar-refractivity contribution < 1.29 is 14.6 Å². The number of carbonyl (C=O) groups excluding carboxylic acids is 1. The number of benzene rings is 2. The zero-order valence-corrected chi connectivity index (χ0v) is 11.6. The minimum absolute atomic E-state index is 0.0136. The number of ketones is 1. The molecule has 0 fully saturated rings. The summed E-state index contributed by atoms with van der Waals surface area (Å²) in [7, 11) is 1.49. The van der Waals surface area contributed by atoms with E-state index in [-0.39, 0.29) is 18.1 Å². The van der Waals surface area contributed by atoms with E-state index in [2.05, 4.69) is 4.99 Å². The topological polar surface area (TPSA) is 84.9 Å². The summed E-state index contributed by atoms with van der Waals surface area (Å²) in [5.41, 5.74) is 7.08. The number of phenols is 1. The van der Waals surface area contributed by atoms with Crippen LogP contribution in [0.3, 0.4) is 0 Å². The Morgan fingerprint density at radius 2 is 2.00 bits per heavy atom. The molecule has 0 heterocycles. The van der Waals surface area contributed by atoms with Gasteiger partial charge in [-0.25, -0.2) is 0 Å². The highest BCUT2D eigenvalue weighted by Gasteiger charge is 2.05. The first kappa shape index (κ1) is 14.7. The summed E-state index contributed by atoms with van der Waals surface area (Å²) in [6, 6.07) is 11.9. The van der Waals surface area contributed by atoms with Gasteiger partial charge in [-0.1, -0.05) is 6.07 Å². The van der Waals surface area contributed by atoms with Gasteiger partial charge >= 0.3 is 0 Å². The molecule has 0 aliphatic carbocycles. The lowest BCUT2D eigenvalue weighted by Crippen LogP contribution is -2.13. The molecule has 3 N–H and O–H groups in total. The van der Waals surface area contributed by atoms with Gasteiger partial charge in [0.25, 0.3) is 0 Å². The van der Waals surface area contributed by atoms with Crippen LogP contribution in [-0.2, 0) is 0 Å². The molecule has 0 saturated heterocycles. The molecule has 0 unspecified atom stereocenters. The molecule has 0 aliphatic heterocycles. The minimum Gasteiger partial charge on any atom is -0.504 e. The molecule has 0 saturated carbocycles. The third kappa shape index (κ3) is 3.46. The Labute approximate surface area is 122 Å². The molecule has 0 spiro atoms. The van der Waals surface area contributed by atoms with Gasteiger partial charge in [0.15, 0.2) is 17.3 Å². The number of phenolic OH excluding ortho intramolecular Hbond substituents is 1. The Kier molecular flexibility index (Phi) is 4.68. The van der Waals surface area contributed by atoms with E-state index in [0.29, 0.717) is 22.6 Å². The van der Waals surface area contributed by atoms with Gasteiger partial charge in [0.05, 0.1) is 19.3 Å². The third-order valence-corrected chi connectivity index (χ3v) is 2.98. The van der Waals surface area contributed by atoms with E-state index in [1.54, 1.807) is 42.5 Å². The van der Waals surface area contributed by atoms with Crippen molar-refractivity contribution >= 4 is 17.7 Å². The van der Waals surface area contributed by atoms with Crippen LogP contribution >= 0.6 is 0 Å². The van der Waals surface area contributed by atoms with Crippen LogP contribution in [0.2, 0.25) is 0 Å². The largest absolute Gasteiger partial charge is 0.504 e. The fraction of sp³-hybridized carbons (Fsp3) is 0.125. The fourth-order valence-corrected chi connectivity index (χ4v) is 1.80. The van der Waals surface area contributed by atoms with E-state index in [0.717, 1.165) is 0 Å². The van der Waals surface area contributed by atoms with Crippen LogP contribution in [0.25, 0.3) is 0 Å². The molecule has 0 amide bonds. The molecule has 2 rings (SSSR count). The maximum atomic E-state index is 11.4. The standard InChI is InChI=1S/C16H16N2O3/c1-21-15-4-2-3-12(16(15)20)10-18-13-7-5-11(6-8-13)14(19)9-17/h2-8,10,20H,9,17H2,1H3. The van der Waals surface area contributed by atoms with Gasteiger partial charge in [0.2, 0.25) is 0 Å². The highest BCUT2D eigenvalue weighted by molar-refractivity contribution is 5.97. The predicted molar refractivity (Wildman–Crippen MR) is 81.7 cm³/mol. The zero-order chi connectivity index (χ0) is 15.2. The number of carbonyl (C=O) groups is 1. The van der Waals surface area contributed by atoms with Gasteiger partial charge in [-0.3, -0.25) is 9.79 Å². The molecule has 2 aromatic rings. The number of hydrogen-bond acceptors (Lipinski definition) is 5. The van der Waals surface area contributed by atoms with Crippen molar-refractivity contribution in [3.63, 3.8) is 0 Å². The Hall–Kier alpha value is -2.66. The summed E-state index contributed by atoms with van der Waals surface area (Å²) in [5.74, 6) is 0.317. The van der Waals surface area contributed by atoms with Gasteiger partial charge < -0.3 is 15.6 Å². The Balaban J connectivity index is 2.20. The van der Waals surface area contributed by atoms with Gasteiger partial charge in [-0.15, -0.1) is 0 Å². The highest BCUT2D eigenvalue weighted by atomic mass is 16.5. The summed E-state index contributed by atoms with van der Waals surface area (Å²) in [5, 5.41) is 9.94. The fourth-order valence-electron chi connectivity index (χ4n) is 1.80. The van der Waals surface area contributed by atoms with Crippen molar-refractivity contribution in [2.75, 3.05) is 13.7 Å². The molecule has 0 radical (unpaired) electrons. The Morgan fingerprint density at radius 3 is 2.62 bits per heavy atom. The van der Waals surface area contributed by atoms with E-state index >= 15 is 0 Å². The van der Waals surface area contributed by atoms with Gasteiger partial charge in [-0.05, 0) is 36.4 Å². The molecule has 0 bridgehead atoms. The summed E-state index contributed by atoms with van der Waals surface area (Å²) < 4.78 is 5.03. The lowest BCUT2D eigenvalue weighted by molar-refractivity contribution is 0.100. The number of methoxy groups -OCH3 is 1. The minimum atomic E-state index is -0.115.